The third-order valence-corrected chi connectivity index (χ3v) is 2.76. The fourth-order valence-electron chi connectivity index (χ4n) is 1.84. The van der Waals surface area contributed by atoms with Gasteiger partial charge in [-0.05, 0) is 11.6 Å². The van der Waals surface area contributed by atoms with Crippen molar-refractivity contribution in [2.45, 2.75) is 0 Å². The van der Waals surface area contributed by atoms with Crippen LogP contribution < -0.4 is 5.73 Å². The summed E-state index contributed by atoms with van der Waals surface area (Å²) in [6, 6.07) is 12.0. The fourth-order valence-corrected chi connectivity index (χ4v) is 1.84. The number of nitrogen functional groups attached to an aromatic ring is 1. The van der Waals surface area contributed by atoms with Crippen LogP contribution in [0, 0.1) is 0 Å². The summed E-state index contributed by atoms with van der Waals surface area (Å²) in [5, 5.41) is 4.33. The molecule has 0 fully saturated rings. The number of hydrogen-bond acceptors (Lipinski definition) is 3. The first-order valence-corrected chi connectivity index (χ1v) is 5.64. The van der Waals surface area contributed by atoms with Crippen LogP contribution in [-0.4, -0.2) is 14.8 Å². The molecular formula is C14H12N4. The zero-order valence-electron chi connectivity index (χ0n) is 9.69. The first-order chi connectivity index (χ1) is 8.84. The summed E-state index contributed by atoms with van der Waals surface area (Å²) in [7, 11) is 0. The number of anilines is 1. The maximum Gasteiger partial charge on any atom is 0.0906 e. The second-order valence-corrected chi connectivity index (χ2v) is 3.97. The minimum Gasteiger partial charge on any atom is -0.396 e. The molecular weight excluding hydrogens is 224 g/mol. The number of rotatable bonds is 2. The highest BCUT2D eigenvalue weighted by Gasteiger charge is 2.05. The Morgan fingerprint density at radius 3 is 2.56 bits per heavy atom. The van der Waals surface area contributed by atoms with E-state index < -0.39 is 0 Å². The number of hydrogen-bond donors (Lipinski definition) is 1. The first-order valence-electron chi connectivity index (χ1n) is 5.64. The molecule has 0 bridgehead atoms. The van der Waals surface area contributed by atoms with Gasteiger partial charge in [-0.25, -0.2) is 4.68 Å². The van der Waals surface area contributed by atoms with Gasteiger partial charge in [0.1, 0.15) is 0 Å². The zero-order valence-corrected chi connectivity index (χ0v) is 9.69. The van der Waals surface area contributed by atoms with E-state index in [1.165, 1.54) is 0 Å². The Hall–Kier alpha value is -2.62. The maximum absolute atomic E-state index is 5.88. The standard InChI is InChI=1S/C14H12N4/c15-13-9-16-7-6-14(13)18-10-12(8-17-18)11-4-2-1-3-5-11/h1-10H,15H2. The van der Waals surface area contributed by atoms with Crippen LogP contribution in [0.15, 0.2) is 61.2 Å². The number of benzene rings is 1. The van der Waals surface area contributed by atoms with Crippen LogP contribution in [0.25, 0.3) is 16.8 Å². The molecule has 0 radical (unpaired) electrons. The molecule has 1 aromatic carbocycles. The van der Waals surface area contributed by atoms with Gasteiger partial charge in [-0.15, -0.1) is 0 Å². The van der Waals surface area contributed by atoms with Gasteiger partial charge in [-0.3, -0.25) is 4.98 Å². The molecule has 4 nitrogen and oxygen atoms in total. The van der Waals surface area contributed by atoms with Crippen molar-refractivity contribution in [2.24, 2.45) is 0 Å². The molecule has 4 heteroatoms. The average molecular weight is 236 g/mol. The molecule has 0 aliphatic heterocycles. The predicted octanol–water partition coefficient (Wildman–Crippen LogP) is 2.52. The van der Waals surface area contributed by atoms with Crippen molar-refractivity contribution in [1.29, 1.82) is 0 Å². The molecule has 18 heavy (non-hydrogen) atoms. The van der Waals surface area contributed by atoms with E-state index in [-0.39, 0.29) is 0 Å². The fraction of sp³-hybridized carbons (Fsp3) is 0. The number of aromatic nitrogens is 3. The Bertz CT molecular complexity index is 658. The number of nitrogens with two attached hydrogens (primary N) is 1. The summed E-state index contributed by atoms with van der Waals surface area (Å²) in [4.78, 5) is 3.97. The molecule has 0 saturated carbocycles. The average Bonchev–Trinajstić information content (AvgIpc) is 2.90. The van der Waals surface area contributed by atoms with Crippen LogP contribution >= 0.6 is 0 Å². The Labute approximate surface area is 105 Å². The molecule has 0 amide bonds. The Morgan fingerprint density at radius 1 is 0.944 bits per heavy atom. The molecule has 0 atom stereocenters. The zero-order chi connectivity index (χ0) is 12.4. The summed E-state index contributed by atoms with van der Waals surface area (Å²) in [5.74, 6) is 0. The summed E-state index contributed by atoms with van der Waals surface area (Å²) < 4.78 is 1.76. The molecule has 2 aromatic heterocycles. The topological polar surface area (TPSA) is 56.7 Å². The van der Waals surface area contributed by atoms with Gasteiger partial charge in [0.25, 0.3) is 0 Å². The van der Waals surface area contributed by atoms with E-state index in [9.17, 15) is 0 Å². The summed E-state index contributed by atoms with van der Waals surface area (Å²) >= 11 is 0. The van der Waals surface area contributed by atoms with Crippen LogP contribution in [-0.2, 0) is 0 Å². The Kier molecular flexibility index (Phi) is 2.53. The van der Waals surface area contributed by atoms with Crippen molar-refractivity contribution in [1.82, 2.24) is 14.8 Å². The van der Waals surface area contributed by atoms with Crippen molar-refractivity contribution in [3.63, 3.8) is 0 Å². The van der Waals surface area contributed by atoms with E-state index in [2.05, 4.69) is 22.2 Å². The van der Waals surface area contributed by atoms with Gasteiger partial charge in [0.15, 0.2) is 0 Å². The monoisotopic (exact) mass is 236 g/mol. The molecule has 0 spiro atoms. The lowest BCUT2D eigenvalue weighted by atomic mass is 10.1. The molecule has 3 rings (SSSR count). The van der Waals surface area contributed by atoms with Gasteiger partial charge in [0, 0.05) is 18.0 Å². The third kappa shape index (κ3) is 1.84. The second-order valence-electron chi connectivity index (χ2n) is 3.97. The van der Waals surface area contributed by atoms with Crippen LogP contribution in [0.5, 0.6) is 0 Å². The smallest absolute Gasteiger partial charge is 0.0906 e. The maximum atomic E-state index is 5.88. The Balaban J connectivity index is 2.03. The quantitative estimate of drug-likeness (QED) is 0.743. The largest absolute Gasteiger partial charge is 0.396 e. The van der Waals surface area contributed by atoms with E-state index in [0.717, 1.165) is 16.8 Å². The van der Waals surface area contributed by atoms with Crippen molar-refractivity contribution in [2.75, 3.05) is 5.73 Å². The minimum atomic E-state index is 0.611. The molecule has 0 aliphatic carbocycles. The van der Waals surface area contributed by atoms with Gasteiger partial charge in [0.2, 0.25) is 0 Å². The van der Waals surface area contributed by atoms with Gasteiger partial charge in [0.05, 0.1) is 23.8 Å². The molecule has 2 N–H and O–H groups in total. The highest BCUT2D eigenvalue weighted by Crippen LogP contribution is 2.21. The Morgan fingerprint density at radius 2 is 1.78 bits per heavy atom. The van der Waals surface area contributed by atoms with E-state index in [0.29, 0.717) is 5.69 Å². The van der Waals surface area contributed by atoms with Crippen molar-refractivity contribution in [3.8, 4) is 16.8 Å². The van der Waals surface area contributed by atoms with Crippen molar-refractivity contribution < 1.29 is 0 Å². The van der Waals surface area contributed by atoms with E-state index in [1.807, 2.05) is 36.7 Å². The van der Waals surface area contributed by atoms with E-state index in [1.54, 1.807) is 17.1 Å². The molecule has 3 aromatic rings. The van der Waals surface area contributed by atoms with Crippen LogP contribution in [0.3, 0.4) is 0 Å². The highest BCUT2D eigenvalue weighted by atomic mass is 15.3. The lowest BCUT2D eigenvalue weighted by Gasteiger charge is -2.03. The van der Waals surface area contributed by atoms with Gasteiger partial charge < -0.3 is 5.73 Å². The predicted molar refractivity (Wildman–Crippen MR) is 71.2 cm³/mol. The van der Waals surface area contributed by atoms with E-state index in [4.69, 9.17) is 5.73 Å². The van der Waals surface area contributed by atoms with E-state index >= 15 is 0 Å². The van der Waals surface area contributed by atoms with Gasteiger partial charge in [-0.2, -0.15) is 5.10 Å². The molecule has 88 valence electrons. The lowest BCUT2D eigenvalue weighted by molar-refractivity contribution is 0.880. The number of nitrogens with zero attached hydrogens (tertiary/aromatic N) is 3. The molecule has 0 saturated heterocycles. The minimum absolute atomic E-state index is 0.611. The normalized spacial score (nSPS) is 10.4. The van der Waals surface area contributed by atoms with Crippen molar-refractivity contribution >= 4 is 5.69 Å². The van der Waals surface area contributed by atoms with Gasteiger partial charge >= 0.3 is 0 Å². The van der Waals surface area contributed by atoms with Crippen LogP contribution in [0.1, 0.15) is 0 Å². The van der Waals surface area contributed by atoms with Crippen molar-refractivity contribution in [3.05, 3.63) is 61.2 Å². The molecule has 0 unspecified atom stereocenters. The van der Waals surface area contributed by atoms with Gasteiger partial charge in [-0.1, -0.05) is 30.3 Å². The second kappa shape index (κ2) is 4.33. The molecule has 2 heterocycles. The number of pyridine rings is 1. The third-order valence-electron chi connectivity index (χ3n) is 2.76. The summed E-state index contributed by atoms with van der Waals surface area (Å²) in [5.41, 5.74) is 9.53. The molecule has 0 aliphatic rings. The summed E-state index contributed by atoms with van der Waals surface area (Å²) in [6.07, 6.45) is 7.12. The van der Waals surface area contributed by atoms with Crippen LogP contribution in [0.2, 0.25) is 0 Å². The lowest BCUT2D eigenvalue weighted by Crippen LogP contribution is -2.00. The SMILES string of the molecule is Nc1cnccc1-n1cc(-c2ccccc2)cn1. The summed E-state index contributed by atoms with van der Waals surface area (Å²) in [6.45, 7) is 0. The highest BCUT2D eigenvalue weighted by molar-refractivity contribution is 5.63. The first kappa shape index (κ1) is 10.5. The van der Waals surface area contributed by atoms with Crippen LogP contribution in [0.4, 0.5) is 5.69 Å².